The molecule has 0 aliphatic carbocycles. The lowest BCUT2D eigenvalue weighted by molar-refractivity contribution is -0.109. The zero-order valence-electron chi connectivity index (χ0n) is 11.2. The zero-order valence-corrected chi connectivity index (χ0v) is 12.0. The van der Waals surface area contributed by atoms with Crippen LogP contribution in [0.25, 0.3) is 0 Å². The average molecular weight is 294 g/mol. The molecular weight excluding hydrogens is 280 g/mol. The van der Waals surface area contributed by atoms with E-state index in [1.54, 1.807) is 0 Å². The van der Waals surface area contributed by atoms with Gasteiger partial charge in [0.1, 0.15) is 19.5 Å². The predicted octanol–water partition coefficient (Wildman–Crippen LogP) is 2.04. The first-order valence-electron chi connectivity index (χ1n) is 5.94. The molecule has 0 radical (unpaired) electrons. The van der Waals surface area contributed by atoms with Crippen molar-refractivity contribution in [2.75, 3.05) is 19.5 Å². The summed E-state index contributed by atoms with van der Waals surface area (Å²) in [4.78, 5) is 20.7. The van der Waals surface area contributed by atoms with E-state index in [0.29, 0.717) is 23.8 Å². The smallest absolute Gasteiger partial charge is 0.286 e. The van der Waals surface area contributed by atoms with Crippen LogP contribution in [0.3, 0.4) is 0 Å². The second-order valence-corrected chi connectivity index (χ2v) is 5.06. The van der Waals surface area contributed by atoms with Crippen LogP contribution in [0, 0.1) is 0 Å². The van der Waals surface area contributed by atoms with Gasteiger partial charge in [-0.05, 0) is 17.3 Å². The molecule has 20 heavy (non-hydrogen) atoms. The summed E-state index contributed by atoms with van der Waals surface area (Å²) in [5.41, 5.74) is 1.29. The highest BCUT2D eigenvalue weighted by Crippen LogP contribution is 2.26. The molecule has 0 aromatic heterocycles. The molecule has 6 nitrogen and oxygen atoms in total. The molecule has 1 aromatic rings. The molecule has 0 bridgehead atoms. The van der Waals surface area contributed by atoms with Crippen LogP contribution >= 0.6 is 11.8 Å². The van der Waals surface area contributed by atoms with Gasteiger partial charge in [-0.15, -0.1) is 0 Å². The number of nitrogens with zero attached hydrogens (tertiary/aromatic N) is 2. The molecule has 0 atom stereocenters. The minimum atomic E-state index is 0.0485. The Morgan fingerprint density at radius 3 is 2.90 bits per heavy atom. The van der Waals surface area contributed by atoms with Crippen LogP contribution in [-0.2, 0) is 14.5 Å². The number of carbonyl (C=O) groups excluding carboxylic acids is 1. The third kappa shape index (κ3) is 3.51. The lowest BCUT2D eigenvalue weighted by atomic mass is 10.1. The highest BCUT2D eigenvalue weighted by atomic mass is 32.2. The maximum absolute atomic E-state index is 10.8. The second-order valence-electron chi connectivity index (χ2n) is 3.79. The number of hydrogen-bond donors (Lipinski definition) is 0. The Hall–Kier alpha value is -2.02. The minimum Gasteiger partial charge on any atom is -0.434 e. The number of rotatable bonds is 5. The number of para-hydroxylation sites is 1. The lowest BCUT2D eigenvalue weighted by Crippen LogP contribution is -2.15. The van der Waals surface area contributed by atoms with Crippen LogP contribution in [0.4, 0.5) is 0 Å². The van der Waals surface area contributed by atoms with Crippen LogP contribution in [0.2, 0.25) is 0 Å². The fourth-order valence-corrected chi connectivity index (χ4v) is 2.03. The molecule has 0 saturated heterocycles. The van der Waals surface area contributed by atoms with E-state index in [4.69, 9.17) is 14.4 Å². The highest BCUT2D eigenvalue weighted by molar-refractivity contribution is 8.13. The average Bonchev–Trinajstić information content (AvgIpc) is 2.77. The van der Waals surface area contributed by atoms with Crippen molar-refractivity contribution in [3.8, 4) is 5.75 Å². The molecule has 106 valence electrons. The van der Waals surface area contributed by atoms with Gasteiger partial charge in [0.25, 0.3) is 5.90 Å². The predicted molar refractivity (Wildman–Crippen MR) is 77.1 cm³/mol. The molecule has 1 aliphatic rings. The largest absolute Gasteiger partial charge is 0.434 e. The summed E-state index contributed by atoms with van der Waals surface area (Å²) in [5.74, 6) is 1.44. The number of oxime groups is 2. The van der Waals surface area contributed by atoms with Crippen LogP contribution in [0.15, 0.2) is 34.6 Å². The first-order chi connectivity index (χ1) is 9.72. The summed E-state index contributed by atoms with van der Waals surface area (Å²) in [6.45, 7) is 1.82. The molecule has 2 rings (SSSR count). The Bertz CT molecular complexity index is 557. The number of ether oxygens (including phenoxy) is 1. The zero-order chi connectivity index (χ0) is 14.4. The summed E-state index contributed by atoms with van der Waals surface area (Å²) >= 11 is 1.18. The maximum Gasteiger partial charge on any atom is 0.286 e. The van der Waals surface area contributed by atoms with Gasteiger partial charge in [-0.25, -0.2) is 0 Å². The molecule has 7 heteroatoms. The van der Waals surface area contributed by atoms with E-state index in [-0.39, 0.29) is 11.0 Å². The van der Waals surface area contributed by atoms with Crippen molar-refractivity contribution in [1.82, 2.24) is 0 Å². The molecule has 0 spiro atoms. The van der Waals surface area contributed by atoms with Crippen molar-refractivity contribution in [3.63, 3.8) is 0 Å². The maximum atomic E-state index is 10.8. The Morgan fingerprint density at radius 2 is 2.15 bits per heavy atom. The fourth-order valence-electron chi connectivity index (χ4n) is 1.59. The van der Waals surface area contributed by atoms with Crippen LogP contribution in [0.1, 0.15) is 12.5 Å². The number of fused-ring (bicyclic) bond motifs is 1. The van der Waals surface area contributed by atoms with E-state index in [1.165, 1.54) is 25.8 Å². The molecule has 0 unspecified atom stereocenters. The number of carbonyl (C=O) groups is 1. The van der Waals surface area contributed by atoms with Crippen molar-refractivity contribution >= 4 is 28.5 Å². The highest BCUT2D eigenvalue weighted by Gasteiger charge is 2.28. The van der Waals surface area contributed by atoms with Gasteiger partial charge in [0, 0.05) is 12.7 Å². The van der Waals surface area contributed by atoms with Gasteiger partial charge in [0.2, 0.25) is 0 Å². The first-order valence-corrected chi connectivity index (χ1v) is 6.93. The van der Waals surface area contributed by atoms with Gasteiger partial charge in [-0.2, -0.15) is 0 Å². The van der Waals surface area contributed by atoms with E-state index in [9.17, 15) is 4.79 Å². The lowest BCUT2D eigenvalue weighted by Gasteiger charge is -2.00. The van der Waals surface area contributed by atoms with Gasteiger partial charge in [0.15, 0.2) is 10.8 Å². The summed E-state index contributed by atoms with van der Waals surface area (Å²) in [7, 11) is 1.45. The molecule has 0 N–H and O–H groups in total. The third-order valence-electron chi connectivity index (χ3n) is 2.36. The summed E-state index contributed by atoms with van der Waals surface area (Å²) in [5, 5.41) is 7.84. The van der Waals surface area contributed by atoms with Crippen molar-refractivity contribution in [2.45, 2.75) is 6.92 Å². The SMILES string of the molecule is CON=C1C(=NOCCSC(C)=O)Oc2ccccc21. The first kappa shape index (κ1) is 14.4. The Kier molecular flexibility index (Phi) is 5.00. The topological polar surface area (TPSA) is 69.5 Å². The van der Waals surface area contributed by atoms with Gasteiger partial charge in [-0.3, -0.25) is 4.79 Å². The Labute approximate surface area is 120 Å². The summed E-state index contributed by atoms with van der Waals surface area (Å²) in [6, 6.07) is 7.41. The second kappa shape index (κ2) is 6.95. The number of benzene rings is 1. The third-order valence-corrected chi connectivity index (χ3v) is 3.14. The summed E-state index contributed by atoms with van der Waals surface area (Å²) in [6.07, 6.45) is 0. The van der Waals surface area contributed by atoms with Crippen molar-refractivity contribution < 1.29 is 19.2 Å². The standard InChI is InChI=1S/C13H14N2O4S/c1-9(16)20-8-7-18-15-13-12(14-17-2)10-5-3-4-6-11(10)19-13/h3-6H,7-8H2,1-2H3. The van der Waals surface area contributed by atoms with Gasteiger partial charge in [-0.1, -0.05) is 29.1 Å². The Balaban J connectivity index is 2.02. The molecule has 0 fully saturated rings. The van der Waals surface area contributed by atoms with Crippen molar-refractivity contribution in [1.29, 1.82) is 0 Å². The quantitative estimate of drug-likeness (QED) is 0.614. The van der Waals surface area contributed by atoms with Crippen molar-refractivity contribution in [2.24, 2.45) is 10.3 Å². The number of hydrogen-bond acceptors (Lipinski definition) is 7. The molecule has 1 aromatic carbocycles. The molecular formula is C13H14N2O4S. The van der Waals surface area contributed by atoms with Gasteiger partial charge < -0.3 is 14.4 Å². The number of thioether (sulfide) groups is 1. The van der Waals surface area contributed by atoms with Crippen LogP contribution in [-0.4, -0.2) is 36.2 Å². The normalized spacial score (nSPS) is 16.9. The van der Waals surface area contributed by atoms with Crippen LogP contribution in [0.5, 0.6) is 5.75 Å². The fraction of sp³-hybridized carbons (Fsp3) is 0.308. The minimum absolute atomic E-state index is 0.0485. The van der Waals surface area contributed by atoms with Gasteiger partial charge >= 0.3 is 0 Å². The Morgan fingerprint density at radius 1 is 1.35 bits per heavy atom. The van der Waals surface area contributed by atoms with E-state index in [1.807, 2.05) is 24.3 Å². The van der Waals surface area contributed by atoms with Crippen LogP contribution < -0.4 is 4.74 Å². The molecule has 0 saturated carbocycles. The van der Waals surface area contributed by atoms with Crippen molar-refractivity contribution in [3.05, 3.63) is 29.8 Å². The van der Waals surface area contributed by atoms with E-state index in [2.05, 4.69) is 10.3 Å². The van der Waals surface area contributed by atoms with E-state index in [0.717, 1.165) is 5.56 Å². The summed E-state index contributed by atoms with van der Waals surface area (Å²) < 4.78 is 5.54. The molecule has 1 heterocycles. The molecule has 1 aliphatic heterocycles. The molecule has 0 amide bonds. The monoisotopic (exact) mass is 294 g/mol. The van der Waals surface area contributed by atoms with Gasteiger partial charge in [0.05, 0.1) is 5.56 Å². The van der Waals surface area contributed by atoms with E-state index < -0.39 is 0 Å². The van der Waals surface area contributed by atoms with E-state index >= 15 is 0 Å².